The lowest BCUT2D eigenvalue weighted by Crippen LogP contribution is -2.04. The summed E-state index contributed by atoms with van der Waals surface area (Å²) in [6.07, 6.45) is 0. The van der Waals surface area contributed by atoms with E-state index in [1.807, 2.05) is 73.7 Å². The van der Waals surface area contributed by atoms with E-state index in [9.17, 15) is 4.79 Å². The quantitative estimate of drug-likeness (QED) is 0.422. The molecule has 0 aliphatic carbocycles. The van der Waals surface area contributed by atoms with E-state index in [2.05, 4.69) is 4.98 Å². The van der Waals surface area contributed by atoms with Crippen LogP contribution in [0.4, 0.5) is 0 Å². The van der Waals surface area contributed by atoms with Gasteiger partial charge in [0.2, 0.25) is 0 Å². The number of benzene rings is 3. The minimum Gasteiger partial charge on any atom is -0.495 e. The van der Waals surface area contributed by atoms with Gasteiger partial charge in [0.25, 0.3) is 0 Å². The van der Waals surface area contributed by atoms with E-state index >= 15 is 0 Å². The summed E-state index contributed by atoms with van der Waals surface area (Å²) in [5.74, 6) is 1.35. The number of fused-ring (bicyclic) bond motifs is 3. The highest BCUT2D eigenvalue weighted by Crippen LogP contribution is 2.44. The maximum absolute atomic E-state index is 12.9. The molecule has 0 spiro atoms. The summed E-state index contributed by atoms with van der Waals surface area (Å²) in [5, 5.41) is 1.36. The lowest BCUT2D eigenvalue weighted by molar-refractivity contribution is 0.419. The molecule has 3 aromatic carbocycles. The summed E-state index contributed by atoms with van der Waals surface area (Å²) in [4.78, 5) is 16.2. The Morgan fingerprint density at radius 1 is 0.897 bits per heavy atom. The largest absolute Gasteiger partial charge is 0.495 e. The third-order valence-corrected chi connectivity index (χ3v) is 5.18. The standard InChI is InChI=1S/C25H19NO3/c1-15-13-19(27)22-23(26-15)20(28-2)14-18-21(16-9-5-3-6-10-16)24(29-25(18)22)17-11-7-4-8-12-17/h3-14H,1-2H3,(H,26,27). The van der Waals surface area contributed by atoms with Gasteiger partial charge in [0.1, 0.15) is 17.1 Å². The summed E-state index contributed by atoms with van der Waals surface area (Å²) >= 11 is 0. The number of nitrogens with one attached hydrogen (secondary N) is 1. The van der Waals surface area contributed by atoms with E-state index in [0.29, 0.717) is 22.2 Å². The van der Waals surface area contributed by atoms with E-state index < -0.39 is 0 Å². The highest BCUT2D eigenvalue weighted by molar-refractivity contribution is 6.13. The smallest absolute Gasteiger partial charge is 0.193 e. The van der Waals surface area contributed by atoms with Crippen LogP contribution in [0.1, 0.15) is 5.69 Å². The first kappa shape index (κ1) is 17.3. The molecule has 0 bridgehead atoms. The van der Waals surface area contributed by atoms with Gasteiger partial charge in [0.15, 0.2) is 5.43 Å². The average Bonchev–Trinajstić information content (AvgIpc) is 3.13. The molecule has 5 aromatic rings. The molecule has 0 saturated heterocycles. The van der Waals surface area contributed by atoms with Crippen LogP contribution in [-0.2, 0) is 0 Å². The molecule has 0 radical (unpaired) electrons. The molecule has 4 heteroatoms. The number of aromatic nitrogens is 1. The number of methoxy groups -OCH3 is 1. The zero-order valence-corrected chi connectivity index (χ0v) is 16.2. The predicted molar refractivity (Wildman–Crippen MR) is 117 cm³/mol. The number of furan rings is 1. The van der Waals surface area contributed by atoms with Crippen LogP contribution in [-0.4, -0.2) is 12.1 Å². The van der Waals surface area contributed by atoms with E-state index in [-0.39, 0.29) is 5.43 Å². The van der Waals surface area contributed by atoms with Crippen molar-refractivity contribution in [1.29, 1.82) is 0 Å². The Hall–Kier alpha value is -3.79. The van der Waals surface area contributed by atoms with Crippen molar-refractivity contribution < 1.29 is 9.15 Å². The molecule has 5 rings (SSSR count). The molecule has 2 heterocycles. The maximum Gasteiger partial charge on any atom is 0.193 e. The molecule has 0 aliphatic rings. The van der Waals surface area contributed by atoms with E-state index in [1.165, 1.54) is 0 Å². The topological polar surface area (TPSA) is 55.2 Å². The summed E-state index contributed by atoms with van der Waals surface area (Å²) in [7, 11) is 1.61. The zero-order chi connectivity index (χ0) is 20.0. The van der Waals surface area contributed by atoms with E-state index in [4.69, 9.17) is 9.15 Å². The van der Waals surface area contributed by atoms with Crippen molar-refractivity contribution in [1.82, 2.24) is 4.98 Å². The Balaban J connectivity index is 2.00. The fourth-order valence-corrected chi connectivity index (χ4v) is 3.91. The summed E-state index contributed by atoms with van der Waals surface area (Å²) < 4.78 is 12.0. The molecule has 29 heavy (non-hydrogen) atoms. The Morgan fingerprint density at radius 2 is 1.55 bits per heavy atom. The molecule has 0 aliphatic heterocycles. The monoisotopic (exact) mass is 381 g/mol. The molecule has 0 atom stereocenters. The number of ether oxygens (including phenoxy) is 1. The van der Waals surface area contributed by atoms with Gasteiger partial charge < -0.3 is 14.1 Å². The van der Waals surface area contributed by atoms with Crippen molar-refractivity contribution in [3.63, 3.8) is 0 Å². The number of aromatic amines is 1. The van der Waals surface area contributed by atoms with Crippen LogP contribution in [0.2, 0.25) is 0 Å². The first-order valence-electron chi connectivity index (χ1n) is 9.45. The Kier molecular flexibility index (Phi) is 3.98. The van der Waals surface area contributed by atoms with Crippen molar-refractivity contribution in [3.05, 3.63) is 88.7 Å². The number of H-pyrrole nitrogens is 1. The summed E-state index contributed by atoms with van der Waals surface area (Å²) in [5.41, 5.74) is 4.84. The number of rotatable bonds is 3. The zero-order valence-electron chi connectivity index (χ0n) is 16.2. The second-order valence-electron chi connectivity index (χ2n) is 7.06. The first-order valence-corrected chi connectivity index (χ1v) is 9.45. The van der Waals surface area contributed by atoms with Gasteiger partial charge in [0.05, 0.1) is 18.0 Å². The van der Waals surface area contributed by atoms with Gasteiger partial charge in [-0.15, -0.1) is 0 Å². The van der Waals surface area contributed by atoms with Gasteiger partial charge in [-0.2, -0.15) is 0 Å². The molecule has 0 unspecified atom stereocenters. The van der Waals surface area contributed by atoms with Crippen LogP contribution >= 0.6 is 0 Å². The number of hydrogen-bond acceptors (Lipinski definition) is 3. The Morgan fingerprint density at radius 3 is 2.21 bits per heavy atom. The number of aryl methyl sites for hydroxylation is 1. The van der Waals surface area contributed by atoms with Gasteiger partial charge in [-0.05, 0) is 18.6 Å². The normalized spacial score (nSPS) is 11.2. The highest BCUT2D eigenvalue weighted by atomic mass is 16.5. The molecule has 0 fully saturated rings. The van der Waals surface area contributed by atoms with Crippen molar-refractivity contribution in [2.24, 2.45) is 0 Å². The van der Waals surface area contributed by atoms with Crippen molar-refractivity contribution in [2.75, 3.05) is 7.11 Å². The molecule has 142 valence electrons. The van der Waals surface area contributed by atoms with Crippen LogP contribution < -0.4 is 10.2 Å². The van der Waals surface area contributed by atoms with Crippen LogP contribution in [0.3, 0.4) is 0 Å². The SMILES string of the molecule is COc1cc2c(-c3ccccc3)c(-c3ccccc3)oc2c2c(=O)cc(C)[nH]c12. The third kappa shape index (κ3) is 2.72. The van der Waals surface area contributed by atoms with Crippen LogP contribution in [0.25, 0.3) is 44.3 Å². The van der Waals surface area contributed by atoms with Crippen LogP contribution in [0.15, 0.2) is 82.0 Å². The van der Waals surface area contributed by atoms with Crippen molar-refractivity contribution in [3.8, 4) is 28.2 Å². The maximum atomic E-state index is 12.9. The lowest BCUT2D eigenvalue weighted by atomic mass is 9.97. The molecule has 2 aromatic heterocycles. The van der Waals surface area contributed by atoms with Gasteiger partial charge in [-0.1, -0.05) is 60.7 Å². The minimum atomic E-state index is -0.0897. The Labute approximate surface area is 167 Å². The molecular formula is C25H19NO3. The van der Waals surface area contributed by atoms with Gasteiger partial charge in [0, 0.05) is 28.3 Å². The predicted octanol–water partition coefficient (Wildman–Crippen LogP) is 5.93. The highest BCUT2D eigenvalue weighted by Gasteiger charge is 2.22. The van der Waals surface area contributed by atoms with Crippen molar-refractivity contribution in [2.45, 2.75) is 6.92 Å². The fraction of sp³-hybridized carbons (Fsp3) is 0.0800. The molecule has 0 amide bonds. The Bertz CT molecular complexity index is 1400. The van der Waals surface area contributed by atoms with Crippen molar-refractivity contribution >= 4 is 21.9 Å². The second-order valence-corrected chi connectivity index (χ2v) is 7.06. The summed E-state index contributed by atoms with van der Waals surface area (Å²) in [6.45, 7) is 1.86. The fourth-order valence-electron chi connectivity index (χ4n) is 3.91. The van der Waals surface area contributed by atoms with Crippen LogP contribution in [0.5, 0.6) is 5.75 Å². The molecule has 4 nitrogen and oxygen atoms in total. The van der Waals surface area contributed by atoms with Gasteiger partial charge >= 0.3 is 0 Å². The number of hydrogen-bond donors (Lipinski definition) is 1. The van der Waals surface area contributed by atoms with Crippen LogP contribution in [0, 0.1) is 6.92 Å². The molecule has 1 N–H and O–H groups in total. The average molecular weight is 381 g/mol. The van der Waals surface area contributed by atoms with Gasteiger partial charge in [-0.25, -0.2) is 0 Å². The summed E-state index contributed by atoms with van der Waals surface area (Å²) in [6, 6.07) is 23.6. The molecule has 0 saturated carbocycles. The van der Waals surface area contributed by atoms with E-state index in [0.717, 1.165) is 33.5 Å². The lowest BCUT2D eigenvalue weighted by Gasteiger charge is -2.08. The van der Waals surface area contributed by atoms with E-state index in [1.54, 1.807) is 13.2 Å². The second kappa shape index (κ2) is 6.67. The third-order valence-electron chi connectivity index (χ3n) is 5.18. The number of pyridine rings is 1. The first-order chi connectivity index (χ1) is 14.2. The van der Waals surface area contributed by atoms with Gasteiger partial charge in [-0.3, -0.25) is 4.79 Å². The minimum absolute atomic E-state index is 0.0897. The molecular weight excluding hydrogens is 362 g/mol.